The van der Waals surface area contributed by atoms with Crippen LogP contribution in [-0.4, -0.2) is 12.7 Å². The van der Waals surface area contributed by atoms with Crippen molar-refractivity contribution in [3.05, 3.63) is 35.4 Å². The highest BCUT2D eigenvalue weighted by atomic mass is 16.5. The van der Waals surface area contributed by atoms with Crippen molar-refractivity contribution in [2.75, 3.05) is 6.61 Å². The third kappa shape index (κ3) is 2.76. The Kier molecular flexibility index (Phi) is 4.39. The van der Waals surface area contributed by atoms with E-state index >= 15 is 0 Å². The quantitative estimate of drug-likeness (QED) is 0.592. The van der Waals surface area contributed by atoms with Crippen molar-refractivity contribution >= 4 is 0 Å². The topological polar surface area (TPSA) is 47.3 Å². The fraction of sp³-hybridized carbons (Fsp3) is 0.647. The van der Waals surface area contributed by atoms with Crippen LogP contribution >= 0.6 is 0 Å². The van der Waals surface area contributed by atoms with Crippen LogP contribution in [0.4, 0.5) is 0 Å². The summed E-state index contributed by atoms with van der Waals surface area (Å²) >= 11 is 0. The van der Waals surface area contributed by atoms with Crippen LogP contribution in [-0.2, 0) is 4.74 Å². The van der Waals surface area contributed by atoms with Crippen molar-refractivity contribution in [1.29, 1.82) is 0 Å². The first-order valence-electron chi connectivity index (χ1n) is 8.01. The number of nitrogens with one attached hydrogen (secondary N) is 1. The molecule has 2 aliphatic carbocycles. The average molecular weight is 274 g/mol. The van der Waals surface area contributed by atoms with Gasteiger partial charge in [0.15, 0.2) is 0 Å². The molecule has 0 spiro atoms. The molecule has 3 heteroatoms. The normalized spacial score (nSPS) is 22.3. The van der Waals surface area contributed by atoms with E-state index in [1.54, 1.807) is 0 Å². The van der Waals surface area contributed by atoms with Crippen molar-refractivity contribution in [2.45, 2.75) is 57.1 Å². The number of hydrogen-bond donors (Lipinski definition) is 2. The SMILES string of the molecule is CCOC(C1CC1)C(NN)c1ccccc1C1CCC1. The molecule has 3 rings (SSSR count). The molecule has 0 radical (unpaired) electrons. The zero-order chi connectivity index (χ0) is 13.9. The molecule has 2 aliphatic rings. The van der Waals surface area contributed by atoms with E-state index in [1.165, 1.54) is 43.2 Å². The molecule has 110 valence electrons. The second-order valence-corrected chi connectivity index (χ2v) is 6.16. The first-order chi connectivity index (χ1) is 9.85. The fourth-order valence-corrected chi connectivity index (χ4v) is 3.37. The first kappa shape index (κ1) is 14.1. The molecule has 2 atom stereocenters. The van der Waals surface area contributed by atoms with Gasteiger partial charge in [-0.2, -0.15) is 0 Å². The van der Waals surface area contributed by atoms with Crippen molar-refractivity contribution in [3.63, 3.8) is 0 Å². The Bertz CT molecular complexity index is 440. The largest absolute Gasteiger partial charge is 0.376 e. The summed E-state index contributed by atoms with van der Waals surface area (Å²) in [5.41, 5.74) is 5.87. The molecule has 3 N–H and O–H groups in total. The van der Waals surface area contributed by atoms with Gasteiger partial charge < -0.3 is 4.74 Å². The zero-order valence-corrected chi connectivity index (χ0v) is 12.3. The minimum Gasteiger partial charge on any atom is -0.376 e. The van der Waals surface area contributed by atoms with Gasteiger partial charge in [-0.3, -0.25) is 11.3 Å². The molecule has 2 saturated carbocycles. The first-order valence-corrected chi connectivity index (χ1v) is 8.01. The maximum atomic E-state index is 6.02. The molecule has 20 heavy (non-hydrogen) atoms. The third-order valence-electron chi connectivity index (χ3n) is 4.83. The highest BCUT2D eigenvalue weighted by molar-refractivity contribution is 5.35. The minimum absolute atomic E-state index is 0.124. The van der Waals surface area contributed by atoms with Crippen molar-refractivity contribution in [3.8, 4) is 0 Å². The van der Waals surface area contributed by atoms with E-state index in [0.717, 1.165) is 12.5 Å². The number of hydrazine groups is 1. The Labute approximate surface area is 121 Å². The standard InChI is InChI=1S/C17H26N2O/c1-2-20-17(13-10-11-13)16(19-18)15-9-4-3-8-14(15)12-6-5-7-12/h3-4,8-9,12-13,16-17,19H,2,5-7,10-11,18H2,1H3. The highest BCUT2D eigenvalue weighted by Crippen LogP contribution is 2.44. The van der Waals surface area contributed by atoms with E-state index in [2.05, 4.69) is 36.6 Å². The lowest BCUT2D eigenvalue weighted by atomic mass is 9.76. The molecular weight excluding hydrogens is 248 g/mol. The summed E-state index contributed by atoms with van der Waals surface area (Å²) in [6.45, 7) is 2.83. The van der Waals surface area contributed by atoms with Crippen LogP contribution in [0.25, 0.3) is 0 Å². The summed E-state index contributed by atoms with van der Waals surface area (Å²) in [4.78, 5) is 0. The van der Waals surface area contributed by atoms with E-state index in [-0.39, 0.29) is 12.1 Å². The average Bonchev–Trinajstić information content (AvgIpc) is 3.23. The summed E-state index contributed by atoms with van der Waals surface area (Å²) in [7, 11) is 0. The molecule has 0 bridgehead atoms. The van der Waals surface area contributed by atoms with Crippen molar-refractivity contribution in [1.82, 2.24) is 5.43 Å². The summed E-state index contributed by atoms with van der Waals surface area (Å²) in [6.07, 6.45) is 6.75. The lowest BCUT2D eigenvalue weighted by Crippen LogP contribution is -2.40. The van der Waals surface area contributed by atoms with Crippen LogP contribution in [0.5, 0.6) is 0 Å². The van der Waals surface area contributed by atoms with Gasteiger partial charge in [0.25, 0.3) is 0 Å². The molecule has 3 nitrogen and oxygen atoms in total. The number of hydrogen-bond acceptors (Lipinski definition) is 3. The van der Waals surface area contributed by atoms with E-state index < -0.39 is 0 Å². The number of benzene rings is 1. The molecule has 2 unspecified atom stereocenters. The van der Waals surface area contributed by atoms with E-state index in [1.807, 2.05) is 0 Å². The van der Waals surface area contributed by atoms with E-state index in [4.69, 9.17) is 10.6 Å². The van der Waals surface area contributed by atoms with Gasteiger partial charge in [-0.05, 0) is 55.6 Å². The summed E-state index contributed by atoms with van der Waals surface area (Å²) < 4.78 is 6.02. The van der Waals surface area contributed by atoms with Crippen LogP contribution in [0.15, 0.2) is 24.3 Å². The van der Waals surface area contributed by atoms with E-state index in [9.17, 15) is 0 Å². The summed E-state index contributed by atoms with van der Waals surface area (Å²) in [5.74, 6) is 7.30. The predicted molar refractivity (Wildman–Crippen MR) is 81.2 cm³/mol. The maximum Gasteiger partial charge on any atom is 0.0810 e. The summed E-state index contributed by atoms with van der Waals surface area (Å²) in [5, 5.41) is 0. The van der Waals surface area contributed by atoms with Gasteiger partial charge in [-0.25, -0.2) is 0 Å². The van der Waals surface area contributed by atoms with Crippen LogP contribution in [0.2, 0.25) is 0 Å². The lowest BCUT2D eigenvalue weighted by molar-refractivity contribution is 0.0181. The number of rotatable bonds is 7. The molecule has 1 aromatic rings. The Morgan fingerprint density at radius 2 is 2.00 bits per heavy atom. The Hall–Kier alpha value is -0.900. The van der Waals surface area contributed by atoms with Crippen LogP contribution < -0.4 is 11.3 Å². The van der Waals surface area contributed by atoms with E-state index in [0.29, 0.717) is 5.92 Å². The number of nitrogens with two attached hydrogens (primary N) is 1. The van der Waals surface area contributed by atoms with Crippen LogP contribution in [0, 0.1) is 5.92 Å². The van der Waals surface area contributed by atoms with Gasteiger partial charge in [0, 0.05) is 6.61 Å². The third-order valence-corrected chi connectivity index (χ3v) is 4.83. The number of ether oxygens (including phenoxy) is 1. The molecule has 1 aromatic carbocycles. The second kappa shape index (κ2) is 6.25. The molecule has 0 heterocycles. The molecule has 0 aliphatic heterocycles. The van der Waals surface area contributed by atoms with Gasteiger partial charge >= 0.3 is 0 Å². The van der Waals surface area contributed by atoms with Gasteiger partial charge in [0.05, 0.1) is 12.1 Å². The fourth-order valence-electron chi connectivity index (χ4n) is 3.37. The molecule has 2 fully saturated rings. The van der Waals surface area contributed by atoms with Gasteiger partial charge in [0.2, 0.25) is 0 Å². The molecule has 0 aromatic heterocycles. The zero-order valence-electron chi connectivity index (χ0n) is 12.3. The van der Waals surface area contributed by atoms with Gasteiger partial charge in [-0.1, -0.05) is 30.7 Å². The Balaban J connectivity index is 1.87. The Morgan fingerprint density at radius 1 is 1.25 bits per heavy atom. The highest BCUT2D eigenvalue weighted by Gasteiger charge is 2.39. The van der Waals surface area contributed by atoms with Gasteiger partial charge in [-0.15, -0.1) is 0 Å². The van der Waals surface area contributed by atoms with Gasteiger partial charge in [0.1, 0.15) is 0 Å². The smallest absolute Gasteiger partial charge is 0.0810 e. The van der Waals surface area contributed by atoms with Crippen molar-refractivity contribution in [2.24, 2.45) is 11.8 Å². The van der Waals surface area contributed by atoms with Crippen LogP contribution in [0.1, 0.15) is 62.1 Å². The second-order valence-electron chi connectivity index (χ2n) is 6.16. The van der Waals surface area contributed by atoms with Crippen LogP contribution in [0.3, 0.4) is 0 Å². The maximum absolute atomic E-state index is 6.02. The predicted octanol–water partition coefficient (Wildman–Crippen LogP) is 3.27. The van der Waals surface area contributed by atoms with Crippen molar-refractivity contribution < 1.29 is 4.74 Å². The lowest BCUT2D eigenvalue weighted by Gasteiger charge is -2.33. The monoisotopic (exact) mass is 274 g/mol. The molecule has 0 saturated heterocycles. The minimum atomic E-state index is 0.124. The Morgan fingerprint density at radius 3 is 2.55 bits per heavy atom. The summed E-state index contributed by atoms with van der Waals surface area (Å²) in [6, 6.07) is 8.90. The molecule has 0 amide bonds. The molecular formula is C17H26N2O.